The van der Waals surface area contributed by atoms with Gasteiger partial charge in [0.2, 0.25) is 5.28 Å². The Hall–Kier alpha value is -2.26. The summed E-state index contributed by atoms with van der Waals surface area (Å²) in [4.78, 5) is 13.3. The van der Waals surface area contributed by atoms with E-state index in [-0.39, 0.29) is 5.28 Å². The van der Waals surface area contributed by atoms with Gasteiger partial charge in [0.05, 0.1) is 0 Å². The van der Waals surface area contributed by atoms with Crippen LogP contribution in [0, 0.1) is 11.8 Å². The quantitative estimate of drug-likeness (QED) is 0.802. The van der Waals surface area contributed by atoms with Crippen molar-refractivity contribution in [2.45, 2.75) is 13.8 Å². The number of aromatic nitrogens is 3. The molecule has 23 heavy (non-hydrogen) atoms. The summed E-state index contributed by atoms with van der Waals surface area (Å²) in [6, 6.07) is 9.85. The van der Waals surface area contributed by atoms with Gasteiger partial charge in [0.15, 0.2) is 11.6 Å². The van der Waals surface area contributed by atoms with Gasteiger partial charge in [0.25, 0.3) is 0 Å². The molecule has 0 radical (unpaired) electrons. The van der Waals surface area contributed by atoms with E-state index in [1.807, 2.05) is 30.3 Å². The summed E-state index contributed by atoms with van der Waals surface area (Å²) in [6.45, 7) is 4.44. The van der Waals surface area contributed by atoms with E-state index in [9.17, 15) is 0 Å². The summed E-state index contributed by atoms with van der Waals surface area (Å²) in [7, 11) is 0. The lowest BCUT2D eigenvalue weighted by Crippen LogP contribution is -2.00. The first-order valence-electron chi connectivity index (χ1n) is 7.75. The zero-order chi connectivity index (χ0) is 16.0. The number of benzene rings is 1. The monoisotopic (exact) mass is 321 g/mol. The Labute approximate surface area is 140 Å². The van der Waals surface area contributed by atoms with Gasteiger partial charge in [-0.3, -0.25) is 0 Å². The Balaban J connectivity index is 1.82. The van der Waals surface area contributed by atoms with E-state index in [1.54, 1.807) is 0 Å². The van der Waals surface area contributed by atoms with Crippen molar-refractivity contribution in [2.75, 3.05) is 0 Å². The smallest absolute Gasteiger partial charge is 0.208 e. The van der Waals surface area contributed by atoms with Crippen molar-refractivity contribution in [3.8, 4) is 11.4 Å². The Kier molecular flexibility index (Phi) is 3.38. The van der Waals surface area contributed by atoms with Crippen LogP contribution in [-0.2, 0) is 0 Å². The largest absolute Gasteiger partial charge is 0.226 e. The van der Waals surface area contributed by atoms with Crippen LogP contribution in [0.4, 0.5) is 0 Å². The summed E-state index contributed by atoms with van der Waals surface area (Å²) in [5.41, 5.74) is 4.69. The number of halogens is 1. The fourth-order valence-electron chi connectivity index (χ4n) is 3.40. The number of nitrogens with zero attached hydrogens (tertiary/aromatic N) is 3. The minimum absolute atomic E-state index is 0.228. The third kappa shape index (κ3) is 2.41. The lowest BCUT2D eigenvalue weighted by Gasteiger charge is -2.10. The van der Waals surface area contributed by atoms with Gasteiger partial charge < -0.3 is 0 Å². The molecule has 0 N–H and O–H groups in total. The first-order valence-corrected chi connectivity index (χ1v) is 8.13. The molecular weight excluding hydrogens is 306 g/mol. The number of hydrogen-bond acceptors (Lipinski definition) is 3. The van der Waals surface area contributed by atoms with Gasteiger partial charge in [-0.2, -0.15) is 9.97 Å². The minimum atomic E-state index is 0.228. The first kappa shape index (κ1) is 14.3. The van der Waals surface area contributed by atoms with Crippen molar-refractivity contribution in [1.29, 1.82) is 0 Å². The summed E-state index contributed by atoms with van der Waals surface area (Å²) >= 11 is 6.16. The van der Waals surface area contributed by atoms with Crippen molar-refractivity contribution in [3.05, 3.63) is 70.8 Å². The Morgan fingerprint density at radius 2 is 1.65 bits per heavy atom. The second-order valence-electron chi connectivity index (χ2n) is 6.00. The number of allylic oxidation sites excluding steroid dienone is 6. The van der Waals surface area contributed by atoms with Crippen LogP contribution in [0.15, 0.2) is 59.7 Å². The van der Waals surface area contributed by atoms with Gasteiger partial charge in [0.1, 0.15) is 0 Å². The van der Waals surface area contributed by atoms with Crippen molar-refractivity contribution >= 4 is 17.2 Å². The second-order valence-corrected chi connectivity index (χ2v) is 6.34. The number of rotatable bonds is 2. The van der Waals surface area contributed by atoms with Crippen LogP contribution in [-0.4, -0.2) is 15.0 Å². The standard InChI is InChI=1S/C19H16ClN3/c1-11-8-9-14-15(10-12(2)16(11)14)18-21-17(22-19(20)23-18)13-6-4-3-5-7-13/h3-12H,1-2H3/t11-,12?/m1/s1. The van der Waals surface area contributed by atoms with Crippen LogP contribution >= 0.6 is 11.6 Å². The highest BCUT2D eigenvalue weighted by atomic mass is 35.5. The molecule has 4 rings (SSSR count). The molecule has 0 spiro atoms. The summed E-state index contributed by atoms with van der Waals surface area (Å²) in [5.74, 6) is 2.14. The Bertz CT molecular complexity index is 865. The molecular formula is C19H16ClN3. The molecule has 114 valence electrons. The van der Waals surface area contributed by atoms with Crippen LogP contribution in [0.25, 0.3) is 17.0 Å². The van der Waals surface area contributed by atoms with Crippen LogP contribution in [0.2, 0.25) is 5.28 Å². The molecule has 2 aromatic rings. The molecule has 4 heteroatoms. The molecule has 2 aliphatic rings. The van der Waals surface area contributed by atoms with E-state index < -0.39 is 0 Å². The molecule has 0 aliphatic heterocycles. The molecule has 1 aromatic carbocycles. The molecule has 0 saturated heterocycles. The van der Waals surface area contributed by atoms with E-state index in [0.29, 0.717) is 23.5 Å². The first-order chi connectivity index (χ1) is 11.1. The van der Waals surface area contributed by atoms with Gasteiger partial charge in [-0.1, -0.05) is 62.4 Å². The van der Waals surface area contributed by atoms with E-state index >= 15 is 0 Å². The predicted molar refractivity (Wildman–Crippen MR) is 92.7 cm³/mol. The van der Waals surface area contributed by atoms with Gasteiger partial charge in [-0.15, -0.1) is 0 Å². The zero-order valence-electron chi connectivity index (χ0n) is 13.0. The topological polar surface area (TPSA) is 38.7 Å². The molecule has 2 atom stereocenters. The fraction of sp³-hybridized carbons (Fsp3) is 0.211. The highest BCUT2D eigenvalue weighted by Gasteiger charge is 2.30. The maximum atomic E-state index is 6.16. The summed E-state index contributed by atoms with van der Waals surface area (Å²) in [5, 5.41) is 0.228. The van der Waals surface area contributed by atoms with Gasteiger partial charge in [-0.25, -0.2) is 4.98 Å². The van der Waals surface area contributed by atoms with E-state index in [2.05, 4.69) is 47.0 Å². The number of hydrogen-bond donors (Lipinski definition) is 0. The highest BCUT2D eigenvalue weighted by Crippen LogP contribution is 2.44. The van der Waals surface area contributed by atoms with E-state index in [1.165, 1.54) is 11.1 Å². The summed E-state index contributed by atoms with van der Waals surface area (Å²) in [6.07, 6.45) is 6.63. The third-order valence-corrected chi connectivity index (χ3v) is 4.60. The molecule has 0 saturated carbocycles. The lowest BCUT2D eigenvalue weighted by molar-refractivity contribution is 0.737. The Morgan fingerprint density at radius 3 is 2.43 bits per heavy atom. The van der Waals surface area contributed by atoms with Crippen LogP contribution in [0.5, 0.6) is 0 Å². The van der Waals surface area contributed by atoms with Gasteiger partial charge in [-0.05, 0) is 34.6 Å². The maximum Gasteiger partial charge on any atom is 0.226 e. The average Bonchev–Trinajstić information content (AvgIpc) is 3.09. The highest BCUT2D eigenvalue weighted by molar-refractivity contribution is 6.28. The third-order valence-electron chi connectivity index (χ3n) is 4.43. The average molecular weight is 322 g/mol. The molecule has 1 unspecified atom stereocenters. The molecule has 0 amide bonds. The Morgan fingerprint density at radius 1 is 0.913 bits per heavy atom. The molecule has 0 fully saturated rings. The maximum absolute atomic E-state index is 6.16. The minimum Gasteiger partial charge on any atom is -0.208 e. The van der Waals surface area contributed by atoms with Crippen molar-refractivity contribution in [2.24, 2.45) is 11.8 Å². The second kappa shape index (κ2) is 5.43. The zero-order valence-corrected chi connectivity index (χ0v) is 13.7. The van der Waals surface area contributed by atoms with Crippen LogP contribution in [0.3, 0.4) is 0 Å². The van der Waals surface area contributed by atoms with Gasteiger partial charge in [0, 0.05) is 11.1 Å². The molecule has 2 aliphatic carbocycles. The normalized spacial score (nSPS) is 22.5. The van der Waals surface area contributed by atoms with Crippen LogP contribution in [0.1, 0.15) is 19.7 Å². The van der Waals surface area contributed by atoms with Crippen molar-refractivity contribution in [1.82, 2.24) is 15.0 Å². The van der Waals surface area contributed by atoms with Crippen LogP contribution < -0.4 is 0 Å². The van der Waals surface area contributed by atoms with E-state index in [0.717, 1.165) is 11.1 Å². The molecule has 1 heterocycles. The lowest BCUT2D eigenvalue weighted by atomic mass is 9.95. The fourth-order valence-corrected chi connectivity index (χ4v) is 3.56. The van der Waals surface area contributed by atoms with Crippen molar-refractivity contribution < 1.29 is 0 Å². The predicted octanol–water partition coefficient (Wildman–Crippen LogP) is 4.73. The van der Waals surface area contributed by atoms with Crippen molar-refractivity contribution in [3.63, 3.8) is 0 Å². The van der Waals surface area contributed by atoms with E-state index in [4.69, 9.17) is 11.6 Å². The summed E-state index contributed by atoms with van der Waals surface area (Å²) < 4.78 is 0. The molecule has 0 bridgehead atoms. The molecule has 1 aromatic heterocycles. The van der Waals surface area contributed by atoms with Gasteiger partial charge >= 0.3 is 0 Å². The SMILES string of the molecule is CC1C=C(c2nc(Cl)nc(-c3ccccc3)n2)C2=C1[C@H](C)C=C2. The molecule has 3 nitrogen and oxygen atoms in total.